The smallest absolute Gasteiger partial charge is 0.0703 e. The maximum Gasteiger partial charge on any atom is 0.0703 e. The molecule has 0 aromatic carbocycles. The highest BCUT2D eigenvalue weighted by Crippen LogP contribution is 2.23. The second-order valence-electron chi connectivity index (χ2n) is 3.94. The van der Waals surface area contributed by atoms with Crippen molar-refractivity contribution in [3.05, 3.63) is 0 Å². The molecule has 0 aliphatic rings. The number of hydrogen-bond acceptors (Lipinski definition) is 4. The van der Waals surface area contributed by atoms with E-state index in [9.17, 15) is 0 Å². The van der Waals surface area contributed by atoms with Crippen molar-refractivity contribution in [3.8, 4) is 0 Å². The lowest BCUT2D eigenvalue weighted by Gasteiger charge is -2.36. The Kier molecular flexibility index (Phi) is 9.10. The van der Waals surface area contributed by atoms with E-state index >= 15 is 0 Å². The van der Waals surface area contributed by atoms with Gasteiger partial charge in [-0.1, -0.05) is 13.8 Å². The molecule has 0 aromatic rings. The van der Waals surface area contributed by atoms with Gasteiger partial charge < -0.3 is 5.32 Å². The highest BCUT2D eigenvalue weighted by atomic mass is 32.2. The SMILES string of the molecule is CCNCCCN(CC)C(C)(S)CSC. The van der Waals surface area contributed by atoms with Gasteiger partial charge in [-0.25, -0.2) is 0 Å². The van der Waals surface area contributed by atoms with Gasteiger partial charge in [0, 0.05) is 12.3 Å². The molecule has 2 nitrogen and oxygen atoms in total. The number of rotatable bonds is 9. The van der Waals surface area contributed by atoms with Gasteiger partial charge in [0.15, 0.2) is 0 Å². The molecule has 0 aromatic heterocycles. The zero-order valence-electron chi connectivity index (χ0n) is 10.5. The van der Waals surface area contributed by atoms with Gasteiger partial charge in [0.2, 0.25) is 0 Å². The van der Waals surface area contributed by atoms with Crippen LogP contribution in [-0.2, 0) is 0 Å². The summed E-state index contributed by atoms with van der Waals surface area (Å²) in [4.78, 5) is 2.48. The second kappa shape index (κ2) is 8.74. The van der Waals surface area contributed by atoms with Gasteiger partial charge in [0.1, 0.15) is 0 Å². The van der Waals surface area contributed by atoms with E-state index in [1.807, 2.05) is 11.8 Å². The Morgan fingerprint density at radius 1 is 1.40 bits per heavy atom. The lowest BCUT2D eigenvalue weighted by atomic mass is 10.2. The third-order valence-corrected chi connectivity index (χ3v) is 4.02. The molecule has 0 spiro atoms. The van der Waals surface area contributed by atoms with Crippen LogP contribution in [0, 0.1) is 0 Å². The molecule has 92 valence electrons. The molecule has 0 radical (unpaired) electrons. The first kappa shape index (κ1) is 15.6. The number of nitrogens with one attached hydrogen (secondary N) is 1. The molecule has 0 fully saturated rings. The average molecular weight is 250 g/mol. The molecule has 0 rings (SSSR count). The summed E-state index contributed by atoms with van der Waals surface area (Å²) in [6.45, 7) is 10.9. The minimum atomic E-state index is 0.0282. The van der Waals surface area contributed by atoms with E-state index in [2.05, 4.69) is 37.2 Å². The largest absolute Gasteiger partial charge is 0.317 e. The predicted octanol–water partition coefficient (Wildman–Crippen LogP) is 2.32. The van der Waals surface area contributed by atoms with Crippen LogP contribution in [0.5, 0.6) is 0 Å². The summed E-state index contributed by atoms with van der Waals surface area (Å²) in [5.41, 5.74) is 0. The molecule has 0 aliphatic heterocycles. The van der Waals surface area contributed by atoms with E-state index in [-0.39, 0.29) is 4.87 Å². The first-order valence-corrected chi connectivity index (χ1v) is 7.59. The van der Waals surface area contributed by atoms with Crippen molar-refractivity contribution >= 4 is 24.4 Å². The summed E-state index contributed by atoms with van der Waals surface area (Å²) < 4.78 is 0. The van der Waals surface area contributed by atoms with Gasteiger partial charge in [-0.3, -0.25) is 4.90 Å². The van der Waals surface area contributed by atoms with Crippen molar-refractivity contribution in [2.24, 2.45) is 0 Å². The van der Waals surface area contributed by atoms with Crippen molar-refractivity contribution in [1.82, 2.24) is 10.2 Å². The lowest BCUT2D eigenvalue weighted by Crippen LogP contribution is -2.44. The molecule has 0 amide bonds. The minimum absolute atomic E-state index is 0.0282. The number of thiol groups is 1. The number of hydrogen-bond donors (Lipinski definition) is 2. The average Bonchev–Trinajstić information content (AvgIpc) is 2.17. The van der Waals surface area contributed by atoms with Crippen molar-refractivity contribution in [2.75, 3.05) is 38.2 Å². The summed E-state index contributed by atoms with van der Waals surface area (Å²) in [7, 11) is 0. The van der Waals surface area contributed by atoms with Crippen molar-refractivity contribution in [1.29, 1.82) is 0 Å². The van der Waals surface area contributed by atoms with Crippen LogP contribution in [0.25, 0.3) is 0 Å². The normalized spacial score (nSPS) is 15.6. The van der Waals surface area contributed by atoms with Gasteiger partial charge in [-0.2, -0.15) is 24.4 Å². The molecule has 0 aliphatic carbocycles. The van der Waals surface area contributed by atoms with Crippen molar-refractivity contribution in [3.63, 3.8) is 0 Å². The van der Waals surface area contributed by atoms with Gasteiger partial charge in [-0.05, 0) is 39.2 Å². The van der Waals surface area contributed by atoms with Crippen LogP contribution in [0.1, 0.15) is 27.2 Å². The fourth-order valence-corrected chi connectivity index (χ4v) is 3.03. The highest BCUT2D eigenvalue weighted by Gasteiger charge is 2.25. The summed E-state index contributed by atoms with van der Waals surface area (Å²) in [6, 6.07) is 0. The maximum absolute atomic E-state index is 4.75. The fourth-order valence-electron chi connectivity index (χ4n) is 1.68. The van der Waals surface area contributed by atoms with Crippen LogP contribution in [-0.4, -0.2) is 48.0 Å². The Labute approximate surface area is 105 Å². The molecular formula is C11H26N2S2. The van der Waals surface area contributed by atoms with Crippen LogP contribution in [0.2, 0.25) is 0 Å². The summed E-state index contributed by atoms with van der Waals surface area (Å²) in [5.74, 6) is 1.07. The molecule has 1 N–H and O–H groups in total. The number of nitrogens with zero attached hydrogens (tertiary/aromatic N) is 1. The first-order valence-electron chi connectivity index (χ1n) is 5.75. The molecule has 4 heteroatoms. The Balaban J connectivity index is 3.89. The van der Waals surface area contributed by atoms with Crippen LogP contribution in [0.15, 0.2) is 0 Å². The molecule has 1 atom stereocenters. The molecule has 0 heterocycles. The first-order chi connectivity index (χ1) is 7.08. The second-order valence-corrected chi connectivity index (χ2v) is 5.77. The third-order valence-electron chi connectivity index (χ3n) is 2.51. The van der Waals surface area contributed by atoms with Gasteiger partial charge >= 0.3 is 0 Å². The van der Waals surface area contributed by atoms with Gasteiger partial charge in [0.25, 0.3) is 0 Å². The van der Waals surface area contributed by atoms with Crippen LogP contribution in [0.3, 0.4) is 0 Å². The van der Waals surface area contributed by atoms with E-state index in [0.717, 1.165) is 31.9 Å². The molecular weight excluding hydrogens is 224 g/mol. The molecule has 0 saturated heterocycles. The lowest BCUT2D eigenvalue weighted by molar-refractivity contribution is 0.209. The zero-order valence-corrected chi connectivity index (χ0v) is 12.3. The van der Waals surface area contributed by atoms with E-state index in [0.29, 0.717) is 0 Å². The van der Waals surface area contributed by atoms with Crippen molar-refractivity contribution in [2.45, 2.75) is 32.1 Å². The predicted molar refractivity (Wildman–Crippen MR) is 76.2 cm³/mol. The van der Waals surface area contributed by atoms with Gasteiger partial charge in [0.05, 0.1) is 4.87 Å². The molecule has 0 bridgehead atoms. The zero-order chi connectivity index (χ0) is 11.7. The minimum Gasteiger partial charge on any atom is -0.317 e. The summed E-state index contributed by atoms with van der Waals surface area (Å²) in [6.07, 6.45) is 3.34. The standard InChI is InChI=1S/C11H26N2S2/c1-5-12-8-7-9-13(6-2)11(3,14)10-15-4/h12,14H,5-10H2,1-4H3. The Morgan fingerprint density at radius 3 is 2.53 bits per heavy atom. The Hall–Kier alpha value is 0.620. The maximum atomic E-state index is 4.75. The summed E-state index contributed by atoms with van der Waals surface area (Å²) in [5, 5.41) is 3.35. The Morgan fingerprint density at radius 2 is 2.07 bits per heavy atom. The topological polar surface area (TPSA) is 15.3 Å². The van der Waals surface area contributed by atoms with Crippen molar-refractivity contribution < 1.29 is 0 Å². The molecule has 1 unspecified atom stereocenters. The summed E-state index contributed by atoms with van der Waals surface area (Å²) >= 11 is 6.61. The number of thioether (sulfide) groups is 1. The highest BCUT2D eigenvalue weighted by molar-refractivity contribution is 7.99. The fraction of sp³-hybridized carbons (Fsp3) is 1.00. The van der Waals surface area contributed by atoms with Crippen LogP contribution >= 0.6 is 24.4 Å². The van der Waals surface area contributed by atoms with Crippen LogP contribution < -0.4 is 5.32 Å². The van der Waals surface area contributed by atoms with E-state index in [1.165, 1.54) is 6.42 Å². The van der Waals surface area contributed by atoms with E-state index in [1.54, 1.807) is 0 Å². The molecule has 15 heavy (non-hydrogen) atoms. The monoisotopic (exact) mass is 250 g/mol. The molecule has 0 saturated carbocycles. The Bertz CT molecular complexity index is 152. The van der Waals surface area contributed by atoms with Gasteiger partial charge in [-0.15, -0.1) is 0 Å². The third kappa shape index (κ3) is 6.72. The quantitative estimate of drug-likeness (QED) is 0.371. The van der Waals surface area contributed by atoms with E-state index in [4.69, 9.17) is 12.6 Å². The van der Waals surface area contributed by atoms with Crippen LogP contribution in [0.4, 0.5) is 0 Å². The van der Waals surface area contributed by atoms with E-state index < -0.39 is 0 Å².